The molecule has 0 bridgehead atoms. The molecule has 0 heteroatoms. The molecule has 2 aliphatic carbocycles. The first-order valence-electron chi connectivity index (χ1n) is 6.45. The number of hydrogen-bond acceptors (Lipinski definition) is 0. The lowest BCUT2D eigenvalue weighted by Crippen LogP contribution is -2.12. The SMILES string of the molecule is C/C(=C1/C=CC2CC=CCC12)c1ccccc1. The average molecular weight is 222 g/mol. The monoisotopic (exact) mass is 222 g/mol. The zero-order chi connectivity index (χ0) is 11.7. The Morgan fingerprint density at radius 2 is 1.82 bits per heavy atom. The van der Waals surface area contributed by atoms with E-state index < -0.39 is 0 Å². The number of benzene rings is 1. The van der Waals surface area contributed by atoms with Gasteiger partial charge in [-0.3, -0.25) is 0 Å². The van der Waals surface area contributed by atoms with Gasteiger partial charge < -0.3 is 0 Å². The van der Waals surface area contributed by atoms with Crippen molar-refractivity contribution in [2.45, 2.75) is 19.8 Å². The second-order valence-corrected chi connectivity index (χ2v) is 5.02. The first-order valence-corrected chi connectivity index (χ1v) is 6.45. The van der Waals surface area contributed by atoms with Gasteiger partial charge in [0.2, 0.25) is 0 Å². The molecule has 0 amide bonds. The Morgan fingerprint density at radius 1 is 1.06 bits per heavy atom. The molecule has 0 N–H and O–H groups in total. The lowest BCUT2D eigenvalue weighted by molar-refractivity contribution is 0.470. The minimum Gasteiger partial charge on any atom is -0.0879 e. The van der Waals surface area contributed by atoms with Crippen LogP contribution in [-0.4, -0.2) is 0 Å². The maximum atomic E-state index is 2.40. The smallest absolute Gasteiger partial charge is 0.00586 e. The van der Waals surface area contributed by atoms with Gasteiger partial charge in [-0.2, -0.15) is 0 Å². The van der Waals surface area contributed by atoms with Gasteiger partial charge >= 0.3 is 0 Å². The molecule has 0 fully saturated rings. The minimum atomic E-state index is 0.722. The highest BCUT2D eigenvalue weighted by Crippen LogP contribution is 2.41. The van der Waals surface area contributed by atoms with Crippen molar-refractivity contribution < 1.29 is 0 Å². The van der Waals surface area contributed by atoms with Gasteiger partial charge in [-0.15, -0.1) is 0 Å². The highest BCUT2D eigenvalue weighted by atomic mass is 14.3. The van der Waals surface area contributed by atoms with E-state index in [0.29, 0.717) is 0 Å². The highest BCUT2D eigenvalue weighted by Gasteiger charge is 2.28. The molecule has 17 heavy (non-hydrogen) atoms. The molecule has 2 aliphatic rings. The van der Waals surface area contributed by atoms with Crippen molar-refractivity contribution >= 4 is 5.57 Å². The predicted molar refractivity (Wildman–Crippen MR) is 73.5 cm³/mol. The molecule has 1 aromatic rings. The fraction of sp³-hybridized carbons (Fsp3) is 0.294. The van der Waals surface area contributed by atoms with Crippen molar-refractivity contribution in [2.24, 2.45) is 11.8 Å². The molecule has 1 aromatic carbocycles. The van der Waals surface area contributed by atoms with E-state index in [0.717, 1.165) is 11.8 Å². The molecule has 2 atom stereocenters. The molecule has 0 heterocycles. The summed E-state index contributed by atoms with van der Waals surface area (Å²) in [6, 6.07) is 10.7. The van der Waals surface area contributed by atoms with Crippen molar-refractivity contribution in [3.63, 3.8) is 0 Å². The zero-order valence-electron chi connectivity index (χ0n) is 10.3. The topological polar surface area (TPSA) is 0 Å². The van der Waals surface area contributed by atoms with Crippen molar-refractivity contribution in [1.29, 1.82) is 0 Å². The van der Waals surface area contributed by atoms with Crippen LogP contribution in [0.1, 0.15) is 25.3 Å². The number of allylic oxidation sites excluding steroid dienone is 6. The van der Waals surface area contributed by atoms with Gasteiger partial charge in [0.15, 0.2) is 0 Å². The second kappa shape index (κ2) is 4.37. The Labute approximate surface area is 103 Å². The molecule has 0 saturated heterocycles. The molecule has 0 saturated carbocycles. The summed E-state index contributed by atoms with van der Waals surface area (Å²) in [6.45, 7) is 2.26. The third kappa shape index (κ3) is 1.88. The van der Waals surface area contributed by atoms with Gasteiger partial charge in [-0.25, -0.2) is 0 Å². The average Bonchev–Trinajstić information content (AvgIpc) is 2.83. The van der Waals surface area contributed by atoms with Crippen molar-refractivity contribution in [3.05, 3.63) is 65.8 Å². The highest BCUT2D eigenvalue weighted by molar-refractivity contribution is 5.70. The van der Waals surface area contributed by atoms with Crippen molar-refractivity contribution in [3.8, 4) is 0 Å². The molecule has 0 spiro atoms. The summed E-state index contributed by atoms with van der Waals surface area (Å²) in [7, 11) is 0. The third-order valence-electron chi connectivity index (χ3n) is 4.04. The van der Waals surface area contributed by atoms with Crippen LogP contribution in [0.15, 0.2) is 60.2 Å². The Morgan fingerprint density at radius 3 is 2.65 bits per heavy atom. The van der Waals surface area contributed by atoms with E-state index in [9.17, 15) is 0 Å². The Balaban J connectivity index is 1.99. The number of rotatable bonds is 1. The zero-order valence-corrected chi connectivity index (χ0v) is 10.3. The van der Waals surface area contributed by atoms with E-state index in [1.54, 1.807) is 5.57 Å². The summed E-state index contributed by atoms with van der Waals surface area (Å²) in [5, 5.41) is 0. The summed E-state index contributed by atoms with van der Waals surface area (Å²) in [4.78, 5) is 0. The van der Waals surface area contributed by atoms with E-state index in [-0.39, 0.29) is 0 Å². The van der Waals surface area contributed by atoms with Crippen LogP contribution in [0.3, 0.4) is 0 Å². The van der Waals surface area contributed by atoms with Gasteiger partial charge in [-0.1, -0.05) is 54.6 Å². The Kier molecular flexibility index (Phi) is 2.72. The van der Waals surface area contributed by atoms with Crippen molar-refractivity contribution in [1.82, 2.24) is 0 Å². The first kappa shape index (κ1) is 10.6. The van der Waals surface area contributed by atoms with E-state index in [1.807, 2.05) is 0 Å². The Bertz CT molecular complexity index is 488. The van der Waals surface area contributed by atoms with Crippen LogP contribution in [0, 0.1) is 11.8 Å². The normalized spacial score (nSPS) is 29.2. The van der Waals surface area contributed by atoms with E-state index >= 15 is 0 Å². The summed E-state index contributed by atoms with van der Waals surface area (Å²) in [6.07, 6.45) is 11.8. The molecule has 0 aliphatic heterocycles. The fourth-order valence-electron chi connectivity index (χ4n) is 3.01. The van der Waals surface area contributed by atoms with Crippen molar-refractivity contribution in [2.75, 3.05) is 0 Å². The molecular formula is C17H18. The Hall–Kier alpha value is -1.56. The summed E-state index contributed by atoms with van der Waals surface area (Å²) < 4.78 is 0. The van der Waals surface area contributed by atoms with Gasteiger partial charge in [0.25, 0.3) is 0 Å². The molecule has 0 aromatic heterocycles. The molecule has 86 valence electrons. The first-order chi connectivity index (χ1) is 8.36. The third-order valence-corrected chi connectivity index (χ3v) is 4.04. The summed E-state index contributed by atoms with van der Waals surface area (Å²) in [5.41, 5.74) is 4.36. The maximum absolute atomic E-state index is 2.40. The lowest BCUT2D eigenvalue weighted by Gasteiger charge is -2.23. The lowest BCUT2D eigenvalue weighted by atomic mass is 9.81. The van der Waals surface area contributed by atoms with Crippen LogP contribution in [0.4, 0.5) is 0 Å². The molecule has 3 rings (SSSR count). The minimum absolute atomic E-state index is 0.722. The largest absolute Gasteiger partial charge is 0.0879 e. The number of fused-ring (bicyclic) bond motifs is 1. The van der Waals surface area contributed by atoms with Crippen LogP contribution < -0.4 is 0 Å². The molecule has 0 nitrogen and oxygen atoms in total. The fourth-order valence-corrected chi connectivity index (χ4v) is 3.01. The van der Waals surface area contributed by atoms with E-state index in [2.05, 4.69) is 61.6 Å². The number of hydrogen-bond donors (Lipinski definition) is 0. The quantitative estimate of drug-likeness (QED) is 0.608. The van der Waals surface area contributed by atoms with E-state index in [4.69, 9.17) is 0 Å². The van der Waals surface area contributed by atoms with Crippen LogP contribution in [0.5, 0.6) is 0 Å². The van der Waals surface area contributed by atoms with Gasteiger partial charge in [0, 0.05) is 0 Å². The van der Waals surface area contributed by atoms with Crippen LogP contribution in [-0.2, 0) is 0 Å². The predicted octanol–water partition coefficient (Wildman–Crippen LogP) is 4.61. The van der Waals surface area contributed by atoms with Gasteiger partial charge in [0.1, 0.15) is 0 Å². The molecular weight excluding hydrogens is 204 g/mol. The van der Waals surface area contributed by atoms with Crippen LogP contribution >= 0.6 is 0 Å². The van der Waals surface area contributed by atoms with Gasteiger partial charge in [0.05, 0.1) is 0 Å². The standard InChI is InChI=1S/C17H18/c1-13(14-7-3-2-4-8-14)16-12-11-15-9-5-6-10-17(15)16/h2-8,11-12,15,17H,9-10H2,1H3/b16-13+. The second-order valence-electron chi connectivity index (χ2n) is 5.02. The van der Waals surface area contributed by atoms with Crippen LogP contribution in [0.25, 0.3) is 5.57 Å². The molecule has 2 unspecified atom stereocenters. The molecule has 0 radical (unpaired) electrons. The summed E-state index contributed by atoms with van der Waals surface area (Å²) >= 11 is 0. The van der Waals surface area contributed by atoms with Gasteiger partial charge in [-0.05, 0) is 48.3 Å². The maximum Gasteiger partial charge on any atom is -0.00586 e. The summed E-state index contributed by atoms with van der Waals surface area (Å²) in [5.74, 6) is 1.47. The van der Waals surface area contributed by atoms with Crippen LogP contribution in [0.2, 0.25) is 0 Å². The van der Waals surface area contributed by atoms with E-state index in [1.165, 1.54) is 24.0 Å².